The van der Waals surface area contributed by atoms with Crippen molar-refractivity contribution in [1.82, 2.24) is 14.8 Å². The van der Waals surface area contributed by atoms with Gasteiger partial charge in [0.2, 0.25) is 5.91 Å². The first kappa shape index (κ1) is 19.6. The summed E-state index contributed by atoms with van der Waals surface area (Å²) in [6.07, 6.45) is 5.10. The lowest BCUT2D eigenvalue weighted by Crippen LogP contribution is -2.50. The van der Waals surface area contributed by atoms with Crippen molar-refractivity contribution in [3.05, 3.63) is 23.9 Å². The third kappa shape index (κ3) is 4.08. The van der Waals surface area contributed by atoms with E-state index in [9.17, 15) is 9.59 Å². The number of piperidine rings is 1. The number of rotatable bonds is 6. The SMILES string of the molecule is COCCCN1CCC[C@@]2(CCN(C(=O)c3ccc(N(C)C)nc3)C2)C1=O. The van der Waals surface area contributed by atoms with Gasteiger partial charge in [-0.3, -0.25) is 9.59 Å². The normalized spacial score (nSPS) is 22.6. The first-order chi connectivity index (χ1) is 13.0. The van der Waals surface area contributed by atoms with Crippen LogP contribution in [0.2, 0.25) is 0 Å². The molecule has 0 N–H and O–H groups in total. The van der Waals surface area contributed by atoms with Gasteiger partial charge < -0.3 is 19.4 Å². The highest BCUT2D eigenvalue weighted by Crippen LogP contribution is 2.40. The van der Waals surface area contributed by atoms with Crippen LogP contribution in [0.3, 0.4) is 0 Å². The van der Waals surface area contributed by atoms with Crippen molar-refractivity contribution in [2.24, 2.45) is 5.41 Å². The zero-order valence-electron chi connectivity index (χ0n) is 16.6. The average molecular weight is 374 g/mol. The molecule has 2 aliphatic heterocycles. The van der Waals surface area contributed by atoms with Gasteiger partial charge in [0.25, 0.3) is 5.91 Å². The van der Waals surface area contributed by atoms with Crippen molar-refractivity contribution < 1.29 is 14.3 Å². The molecule has 7 nitrogen and oxygen atoms in total. The lowest BCUT2D eigenvalue weighted by Gasteiger charge is -2.39. The van der Waals surface area contributed by atoms with Crippen LogP contribution in [-0.2, 0) is 9.53 Å². The Kier molecular flexibility index (Phi) is 5.99. The molecule has 0 radical (unpaired) electrons. The fourth-order valence-corrected chi connectivity index (χ4v) is 4.15. The van der Waals surface area contributed by atoms with Crippen molar-refractivity contribution in [3.63, 3.8) is 0 Å². The standard InChI is InChI=1S/C20H30N4O3/c1-22(2)17-7-6-16(14-21-17)18(25)24-12-9-20(15-24)8-4-10-23(19(20)26)11-5-13-27-3/h6-7,14H,4-5,8-13,15H2,1-3H3/t20-/m0/s1. The van der Waals surface area contributed by atoms with E-state index in [0.29, 0.717) is 25.3 Å². The van der Waals surface area contributed by atoms with E-state index in [1.807, 2.05) is 40.9 Å². The summed E-state index contributed by atoms with van der Waals surface area (Å²) in [7, 11) is 5.52. The zero-order chi connectivity index (χ0) is 19.4. The Morgan fingerprint density at radius 3 is 2.78 bits per heavy atom. The largest absolute Gasteiger partial charge is 0.385 e. The molecule has 148 valence electrons. The monoisotopic (exact) mass is 374 g/mol. The van der Waals surface area contributed by atoms with E-state index in [2.05, 4.69) is 4.98 Å². The molecule has 2 fully saturated rings. The van der Waals surface area contributed by atoms with E-state index in [1.54, 1.807) is 13.3 Å². The minimum absolute atomic E-state index is 0.0333. The molecular weight excluding hydrogens is 344 g/mol. The maximum atomic E-state index is 13.1. The van der Waals surface area contributed by atoms with Crippen LogP contribution in [0.25, 0.3) is 0 Å². The topological polar surface area (TPSA) is 66.0 Å². The van der Waals surface area contributed by atoms with Crippen molar-refractivity contribution in [2.45, 2.75) is 25.7 Å². The lowest BCUT2D eigenvalue weighted by molar-refractivity contribution is -0.145. The van der Waals surface area contributed by atoms with Gasteiger partial charge in [-0.2, -0.15) is 0 Å². The molecule has 0 bridgehead atoms. The number of carbonyl (C=O) groups excluding carboxylic acids is 2. The second kappa shape index (κ2) is 8.25. The van der Waals surface area contributed by atoms with Gasteiger partial charge in [0.1, 0.15) is 5.82 Å². The van der Waals surface area contributed by atoms with Crippen molar-refractivity contribution >= 4 is 17.6 Å². The fourth-order valence-electron chi connectivity index (χ4n) is 4.15. The van der Waals surface area contributed by atoms with E-state index in [-0.39, 0.29) is 11.8 Å². The highest BCUT2D eigenvalue weighted by Gasteiger charge is 2.49. The Morgan fingerprint density at radius 1 is 1.30 bits per heavy atom. The molecule has 2 amide bonds. The van der Waals surface area contributed by atoms with E-state index in [0.717, 1.165) is 44.6 Å². The summed E-state index contributed by atoms with van der Waals surface area (Å²) in [5, 5.41) is 0. The molecule has 2 saturated heterocycles. The van der Waals surface area contributed by atoms with Crippen molar-refractivity contribution in [1.29, 1.82) is 0 Å². The zero-order valence-corrected chi connectivity index (χ0v) is 16.6. The number of amides is 2. The van der Waals surface area contributed by atoms with Crippen LogP contribution in [0, 0.1) is 5.41 Å². The highest BCUT2D eigenvalue weighted by atomic mass is 16.5. The van der Waals surface area contributed by atoms with Crippen LogP contribution in [0.5, 0.6) is 0 Å². The first-order valence-corrected chi connectivity index (χ1v) is 9.68. The van der Waals surface area contributed by atoms with Gasteiger partial charge >= 0.3 is 0 Å². The predicted octanol–water partition coefficient (Wildman–Crippen LogP) is 1.64. The molecule has 27 heavy (non-hydrogen) atoms. The van der Waals surface area contributed by atoms with Crippen LogP contribution in [0.1, 0.15) is 36.0 Å². The summed E-state index contributed by atoms with van der Waals surface area (Å²) in [5.74, 6) is 0.994. The highest BCUT2D eigenvalue weighted by molar-refractivity contribution is 5.95. The van der Waals surface area contributed by atoms with Gasteiger partial charge in [-0.05, 0) is 37.8 Å². The van der Waals surface area contributed by atoms with Crippen LogP contribution in [-0.4, -0.2) is 80.6 Å². The Morgan fingerprint density at radius 2 is 2.11 bits per heavy atom. The predicted molar refractivity (Wildman–Crippen MR) is 104 cm³/mol. The molecule has 1 atom stereocenters. The van der Waals surface area contributed by atoms with Crippen molar-refractivity contribution in [2.75, 3.05) is 58.9 Å². The van der Waals surface area contributed by atoms with Gasteiger partial charge in [-0.1, -0.05) is 0 Å². The molecule has 3 heterocycles. The molecule has 2 aliphatic rings. The first-order valence-electron chi connectivity index (χ1n) is 9.68. The molecule has 1 spiro atoms. The smallest absolute Gasteiger partial charge is 0.255 e. The van der Waals surface area contributed by atoms with Crippen molar-refractivity contribution in [3.8, 4) is 0 Å². The molecule has 7 heteroatoms. The Hall–Kier alpha value is -2.15. The molecule has 0 unspecified atom stereocenters. The van der Waals surface area contributed by atoms with E-state index in [1.165, 1.54) is 0 Å². The van der Waals surface area contributed by atoms with Gasteiger partial charge in [0.15, 0.2) is 0 Å². The number of ether oxygens (including phenoxy) is 1. The van der Waals surface area contributed by atoms with Gasteiger partial charge in [0, 0.05) is 60.2 Å². The summed E-state index contributed by atoms with van der Waals surface area (Å²) in [6, 6.07) is 3.66. The Balaban J connectivity index is 1.65. The molecular formula is C20H30N4O3. The number of methoxy groups -OCH3 is 1. The summed E-state index contributed by atoms with van der Waals surface area (Å²) in [6.45, 7) is 3.36. The number of aromatic nitrogens is 1. The molecule has 1 aromatic heterocycles. The fraction of sp³-hybridized carbons (Fsp3) is 0.650. The van der Waals surface area contributed by atoms with Crippen LogP contribution >= 0.6 is 0 Å². The summed E-state index contributed by atoms with van der Waals surface area (Å²) in [5.41, 5.74) is 0.177. The number of hydrogen-bond donors (Lipinski definition) is 0. The summed E-state index contributed by atoms with van der Waals surface area (Å²) < 4.78 is 5.11. The average Bonchev–Trinajstić information content (AvgIpc) is 3.10. The number of likely N-dealkylation sites (tertiary alicyclic amines) is 2. The van der Waals surface area contributed by atoms with Crippen LogP contribution in [0.15, 0.2) is 18.3 Å². The lowest BCUT2D eigenvalue weighted by atomic mass is 9.78. The second-order valence-electron chi connectivity index (χ2n) is 7.80. The van der Waals surface area contributed by atoms with Gasteiger partial charge in [-0.25, -0.2) is 4.98 Å². The number of carbonyl (C=O) groups is 2. The molecule has 0 saturated carbocycles. The minimum atomic E-state index is -0.405. The van der Waals surface area contributed by atoms with Crippen LogP contribution < -0.4 is 4.90 Å². The van der Waals surface area contributed by atoms with Crippen LogP contribution in [0.4, 0.5) is 5.82 Å². The van der Waals surface area contributed by atoms with Gasteiger partial charge in [0.05, 0.1) is 11.0 Å². The summed E-state index contributed by atoms with van der Waals surface area (Å²) >= 11 is 0. The number of hydrogen-bond acceptors (Lipinski definition) is 5. The molecule has 1 aromatic rings. The number of anilines is 1. The molecule has 0 aliphatic carbocycles. The quantitative estimate of drug-likeness (QED) is 0.708. The van der Waals surface area contributed by atoms with E-state index >= 15 is 0 Å². The maximum absolute atomic E-state index is 13.1. The minimum Gasteiger partial charge on any atom is -0.385 e. The van der Waals surface area contributed by atoms with E-state index < -0.39 is 5.41 Å². The van der Waals surface area contributed by atoms with Gasteiger partial charge in [-0.15, -0.1) is 0 Å². The number of pyridine rings is 1. The molecule has 3 rings (SSSR count). The maximum Gasteiger partial charge on any atom is 0.255 e. The summed E-state index contributed by atoms with van der Waals surface area (Å²) in [4.78, 5) is 36.0. The second-order valence-corrected chi connectivity index (χ2v) is 7.80. The van der Waals surface area contributed by atoms with E-state index in [4.69, 9.17) is 4.74 Å². The third-order valence-corrected chi connectivity index (χ3v) is 5.69. The Bertz CT molecular complexity index is 676. The third-order valence-electron chi connectivity index (χ3n) is 5.69. The molecule has 0 aromatic carbocycles. The number of nitrogens with zero attached hydrogens (tertiary/aromatic N) is 4. The Labute approximate surface area is 161 Å².